The molecule has 0 saturated heterocycles. The highest BCUT2D eigenvalue weighted by atomic mass is 16.5. The molecule has 0 spiro atoms. The first kappa shape index (κ1) is 15.2. The van der Waals surface area contributed by atoms with Crippen molar-refractivity contribution in [1.29, 1.82) is 0 Å². The van der Waals surface area contributed by atoms with Gasteiger partial charge in [0.2, 0.25) is 11.8 Å². The summed E-state index contributed by atoms with van der Waals surface area (Å²) in [6.07, 6.45) is 0.450. The van der Waals surface area contributed by atoms with Crippen LogP contribution in [0.4, 0.5) is 5.69 Å². The monoisotopic (exact) mass is 264 g/mol. The molecule has 0 unspecified atom stereocenters. The molecule has 0 aromatic heterocycles. The predicted octanol–water partition coefficient (Wildman–Crippen LogP) is 1.86. The summed E-state index contributed by atoms with van der Waals surface area (Å²) in [7, 11) is 1.48. The van der Waals surface area contributed by atoms with E-state index in [2.05, 4.69) is 10.6 Å². The van der Waals surface area contributed by atoms with Crippen LogP contribution in [0, 0.1) is 0 Å². The zero-order chi connectivity index (χ0) is 14.3. The Hall–Kier alpha value is -1.88. The van der Waals surface area contributed by atoms with E-state index in [0.717, 1.165) is 11.3 Å². The molecule has 0 aliphatic carbocycles. The van der Waals surface area contributed by atoms with Gasteiger partial charge >= 0.3 is 0 Å². The van der Waals surface area contributed by atoms with Crippen molar-refractivity contribution >= 4 is 17.5 Å². The molecule has 0 aliphatic rings. The average molecular weight is 264 g/mol. The van der Waals surface area contributed by atoms with Gasteiger partial charge in [-0.15, -0.1) is 0 Å². The van der Waals surface area contributed by atoms with Crippen LogP contribution < -0.4 is 10.6 Å². The molecule has 0 aliphatic heterocycles. The quantitative estimate of drug-likeness (QED) is 0.824. The van der Waals surface area contributed by atoms with E-state index in [-0.39, 0.29) is 24.5 Å². The number of amides is 2. The number of methoxy groups -OCH3 is 1. The predicted molar refractivity (Wildman–Crippen MR) is 73.8 cm³/mol. The molecule has 104 valence electrons. The van der Waals surface area contributed by atoms with Crippen molar-refractivity contribution in [3.63, 3.8) is 0 Å². The summed E-state index contributed by atoms with van der Waals surface area (Å²) < 4.78 is 4.76. The van der Waals surface area contributed by atoms with E-state index in [1.54, 1.807) is 6.92 Å². The van der Waals surface area contributed by atoms with Gasteiger partial charge in [0.15, 0.2) is 0 Å². The molecule has 19 heavy (non-hydrogen) atoms. The van der Waals surface area contributed by atoms with Crippen LogP contribution in [-0.4, -0.2) is 25.5 Å². The number of hydrogen-bond donors (Lipinski definition) is 2. The standard InChI is InChI=1S/C14H20N2O3/c1-4-13(17)16-12-7-5-11(6-8-12)10(2)15-14(18)9-19-3/h5-8,10H,4,9H2,1-3H3,(H,15,18)(H,16,17)/t10-/m1/s1. The number of hydrogen-bond acceptors (Lipinski definition) is 3. The SMILES string of the molecule is CCC(=O)Nc1ccc([C@@H](C)NC(=O)COC)cc1. The molecular formula is C14H20N2O3. The van der Waals surface area contributed by atoms with Crippen molar-refractivity contribution in [2.45, 2.75) is 26.3 Å². The molecule has 2 N–H and O–H groups in total. The van der Waals surface area contributed by atoms with Gasteiger partial charge in [-0.05, 0) is 24.6 Å². The van der Waals surface area contributed by atoms with Crippen LogP contribution in [0.15, 0.2) is 24.3 Å². The van der Waals surface area contributed by atoms with E-state index in [0.29, 0.717) is 6.42 Å². The molecule has 0 radical (unpaired) electrons. The Bertz CT molecular complexity index is 429. The van der Waals surface area contributed by atoms with Crippen molar-refractivity contribution in [2.24, 2.45) is 0 Å². The molecule has 1 aromatic rings. The van der Waals surface area contributed by atoms with Gasteiger partial charge in [-0.25, -0.2) is 0 Å². The number of rotatable bonds is 6. The number of carbonyl (C=O) groups is 2. The first-order valence-electron chi connectivity index (χ1n) is 6.25. The van der Waals surface area contributed by atoms with Gasteiger partial charge < -0.3 is 15.4 Å². The average Bonchev–Trinajstić information content (AvgIpc) is 2.39. The maximum Gasteiger partial charge on any atom is 0.246 e. The van der Waals surface area contributed by atoms with Gasteiger partial charge in [-0.2, -0.15) is 0 Å². The number of anilines is 1. The number of nitrogens with one attached hydrogen (secondary N) is 2. The number of carbonyl (C=O) groups excluding carboxylic acids is 2. The van der Waals surface area contributed by atoms with Crippen molar-refractivity contribution in [1.82, 2.24) is 5.32 Å². The van der Waals surface area contributed by atoms with Crippen LogP contribution in [0.1, 0.15) is 31.9 Å². The van der Waals surface area contributed by atoms with Crippen LogP contribution in [0.3, 0.4) is 0 Å². The Balaban J connectivity index is 2.60. The van der Waals surface area contributed by atoms with Crippen molar-refractivity contribution in [3.05, 3.63) is 29.8 Å². The molecule has 0 bridgehead atoms. The van der Waals surface area contributed by atoms with E-state index >= 15 is 0 Å². The highest BCUT2D eigenvalue weighted by Crippen LogP contribution is 2.16. The lowest BCUT2D eigenvalue weighted by atomic mass is 10.1. The summed E-state index contributed by atoms with van der Waals surface area (Å²) in [5.41, 5.74) is 1.73. The van der Waals surface area contributed by atoms with E-state index in [9.17, 15) is 9.59 Å². The summed E-state index contributed by atoms with van der Waals surface area (Å²) in [6, 6.07) is 7.30. The minimum Gasteiger partial charge on any atom is -0.375 e. The lowest BCUT2D eigenvalue weighted by molar-refractivity contribution is -0.125. The minimum absolute atomic E-state index is 0.0193. The third-order valence-corrected chi connectivity index (χ3v) is 2.67. The molecule has 5 nitrogen and oxygen atoms in total. The van der Waals surface area contributed by atoms with Crippen LogP contribution in [0.5, 0.6) is 0 Å². The van der Waals surface area contributed by atoms with Gasteiger partial charge in [0.1, 0.15) is 6.61 Å². The first-order chi connectivity index (χ1) is 9.06. The van der Waals surface area contributed by atoms with Gasteiger partial charge in [0, 0.05) is 19.2 Å². The highest BCUT2D eigenvalue weighted by molar-refractivity contribution is 5.90. The molecule has 0 heterocycles. The van der Waals surface area contributed by atoms with Gasteiger partial charge in [-0.1, -0.05) is 19.1 Å². The Morgan fingerprint density at radius 3 is 2.37 bits per heavy atom. The van der Waals surface area contributed by atoms with E-state index in [1.807, 2.05) is 31.2 Å². The Morgan fingerprint density at radius 2 is 1.84 bits per heavy atom. The second kappa shape index (κ2) is 7.53. The molecule has 1 rings (SSSR count). The molecule has 1 aromatic carbocycles. The van der Waals surface area contributed by atoms with Crippen LogP contribution >= 0.6 is 0 Å². The molecule has 2 amide bonds. The first-order valence-corrected chi connectivity index (χ1v) is 6.25. The van der Waals surface area contributed by atoms with Crippen molar-refractivity contribution < 1.29 is 14.3 Å². The largest absolute Gasteiger partial charge is 0.375 e. The fourth-order valence-corrected chi connectivity index (χ4v) is 1.60. The Labute approximate surface area is 113 Å². The zero-order valence-electron chi connectivity index (χ0n) is 11.5. The summed E-state index contributed by atoms with van der Waals surface area (Å²) in [6.45, 7) is 3.75. The lowest BCUT2D eigenvalue weighted by Gasteiger charge is -2.14. The van der Waals surface area contributed by atoms with Gasteiger partial charge in [0.05, 0.1) is 6.04 Å². The number of ether oxygens (including phenoxy) is 1. The van der Waals surface area contributed by atoms with E-state index in [4.69, 9.17) is 4.74 Å². The summed E-state index contributed by atoms with van der Waals surface area (Å²) >= 11 is 0. The van der Waals surface area contributed by atoms with E-state index in [1.165, 1.54) is 7.11 Å². The summed E-state index contributed by atoms with van der Waals surface area (Å²) in [5.74, 6) is -0.174. The lowest BCUT2D eigenvalue weighted by Crippen LogP contribution is -2.29. The molecule has 1 atom stereocenters. The highest BCUT2D eigenvalue weighted by Gasteiger charge is 2.09. The second-order valence-electron chi connectivity index (χ2n) is 4.25. The van der Waals surface area contributed by atoms with Crippen LogP contribution in [-0.2, 0) is 14.3 Å². The third-order valence-electron chi connectivity index (χ3n) is 2.67. The smallest absolute Gasteiger partial charge is 0.246 e. The molecule has 0 fully saturated rings. The van der Waals surface area contributed by atoms with Crippen molar-refractivity contribution in [3.8, 4) is 0 Å². The second-order valence-corrected chi connectivity index (χ2v) is 4.25. The normalized spacial score (nSPS) is 11.7. The third kappa shape index (κ3) is 5.09. The number of benzene rings is 1. The van der Waals surface area contributed by atoms with Crippen LogP contribution in [0.25, 0.3) is 0 Å². The zero-order valence-corrected chi connectivity index (χ0v) is 11.5. The Kier molecular flexibility index (Phi) is 6.02. The topological polar surface area (TPSA) is 67.4 Å². The van der Waals surface area contributed by atoms with Crippen LogP contribution in [0.2, 0.25) is 0 Å². The van der Waals surface area contributed by atoms with Gasteiger partial charge in [0.25, 0.3) is 0 Å². The van der Waals surface area contributed by atoms with Gasteiger partial charge in [-0.3, -0.25) is 9.59 Å². The fourth-order valence-electron chi connectivity index (χ4n) is 1.60. The maximum atomic E-state index is 11.4. The fraction of sp³-hybridized carbons (Fsp3) is 0.429. The molecule has 5 heteroatoms. The van der Waals surface area contributed by atoms with E-state index < -0.39 is 0 Å². The summed E-state index contributed by atoms with van der Waals surface area (Å²) in [4.78, 5) is 22.6. The minimum atomic E-state index is -0.154. The summed E-state index contributed by atoms with van der Waals surface area (Å²) in [5, 5.41) is 5.59. The molecular weight excluding hydrogens is 244 g/mol. The maximum absolute atomic E-state index is 11.4. The Morgan fingerprint density at radius 1 is 1.21 bits per heavy atom. The molecule has 0 saturated carbocycles. The van der Waals surface area contributed by atoms with Crippen molar-refractivity contribution in [2.75, 3.05) is 19.0 Å².